The topological polar surface area (TPSA) is 30.8 Å². The minimum Gasteiger partial charge on any atom is -0.497 e. The van der Waals surface area contributed by atoms with E-state index in [1.807, 2.05) is 36.4 Å². The molecule has 0 fully saturated rings. The van der Waals surface area contributed by atoms with Crippen LogP contribution in [0.3, 0.4) is 0 Å². The zero-order valence-electron chi connectivity index (χ0n) is 11.9. The number of halogens is 1. The first-order chi connectivity index (χ1) is 10.2. The SMILES string of the molecule is CO/N=C(\CSc1ccc(Br)cc1)c1ccc(OC)cc1. The Bertz CT molecular complexity index is 597. The number of nitrogens with zero attached hydrogens (tertiary/aromatic N) is 1. The van der Waals surface area contributed by atoms with E-state index in [-0.39, 0.29) is 0 Å². The second-order valence-corrected chi connectivity index (χ2v) is 6.16. The summed E-state index contributed by atoms with van der Waals surface area (Å²) in [5, 5.41) is 4.13. The average molecular weight is 366 g/mol. The van der Waals surface area contributed by atoms with Gasteiger partial charge in [-0.25, -0.2) is 0 Å². The van der Waals surface area contributed by atoms with Crippen molar-refractivity contribution in [2.75, 3.05) is 20.0 Å². The first-order valence-electron chi connectivity index (χ1n) is 6.35. The summed E-state index contributed by atoms with van der Waals surface area (Å²) < 4.78 is 6.25. The lowest BCUT2D eigenvalue weighted by molar-refractivity contribution is 0.213. The highest BCUT2D eigenvalue weighted by molar-refractivity contribution is 9.10. The third kappa shape index (κ3) is 4.79. The monoisotopic (exact) mass is 365 g/mol. The number of benzene rings is 2. The number of hydrogen-bond acceptors (Lipinski definition) is 4. The van der Waals surface area contributed by atoms with Gasteiger partial charge in [0, 0.05) is 20.7 Å². The van der Waals surface area contributed by atoms with Gasteiger partial charge in [0.1, 0.15) is 12.9 Å². The molecular weight excluding hydrogens is 350 g/mol. The predicted octanol–water partition coefficient (Wildman–Crippen LogP) is 4.60. The lowest BCUT2D eigenvalue weighted by atomic mass is 10.1. The van der Waals surface area contributed by atoms with E-state index < -0.39 is 0 Å². The molecule has 0 radical (unpaired) electrons. The zero-order chi connectivity index (χ0) is 15.1. The summed E-state index contributed by atoms with van der Waals surface area (Å²) in [4.78, 5) is 6.15. The van der Waals surface area contributed by atoms with Crippen LogP contribution in [-0.2, 0) is 4.84 Å². The van der Waals surface area contributed by atoms with E-state index in [1.165, 1.54) is 4.90 Å². The third-order valence-corrected chi connectivity index (χ3v) is 4.37. The molecule has 2 aromatic carbocycles. The predicted molar refractivity (Wildman–Crippen MR) is 91.4 cm³/mol. The minimum atomic E-state index is 0.738. The van der Waals surface area contributed by atoms with Gasteiger partial charge >= 0.3 is 0 Å². The van der Waals surface area contributed by atoms with E-state index in [4.69, 9.17) is 9.57 Å². The van der Waals surface area contributed by atoms with Gasteiger partial charge in [-0.3, -0.25) is 0 Å². The molecule has 110 valence electrons. The number of methoxy groups -OCH3 is 1. The van der Waals surface area contributed by atoms with E-state index in [0.717, 1.165) is 27.3 Å². The maximum atomic E-state index is 5.17. The van der Waals surface area contributed by atoms with Crippen LogP contribution in [0, 0.1) is 0 Å². The fourth-order valence-electron chi connectivity index (χ4n) is 1.74. The molecule has 0 amide bonds. The van der Waals surface area contributed by atoms with Crippen LogP contribution < -0.4 is 4.74 Å². The number of ether oxygens (including phenoxy) is 1. The zero-order valence-corrected chi connectivity index (χ0v) is 14.3. The summed E-state index contributed by atoms with van der Waals surface area (Å²) in [5.41, 5.74) is 1.93. The molecule has 0 saturated heterocycles. The smallest absolute Gasteiger partial charge is 0.118 e. The molecule has 0 unspecified atom stereocenters. The van der Waals surface area contributed by atoms with Crippen LogP contribution in [0.15, 0.2) is 63.1 Å². The van der Waals surface area contributed by atoms with Crippen molar-refractivity contribution in [1.29, 1.82) is 0 Å². The molecule has 2 aromatic rings. The fraction of sp³-hybridized carbons (Fsp3) is 0.188. The quantitative estimate of drug-likeness (QED) is 0.425. The van der Waals surface area contributed by atoms with Crippen LogP contribution >= 0.6 is 27.7 Å². The molecule has 0 heterocycles. The largest absolute Gasteiger partial charge is 0.497 e. The van der Waals surface area contributed by atoms with Crippen molar-refractivity contribution in [3.05, 3.63) is 58.6 Å². The Balaban J connectivity index is 2.08. The van der Waals surface area contributed by atoms with Crippen LogP contribution in [0.1, 0.15) is 5.56 Å². The van der Waals surface area contributed by atoms with Crippen LogP contribution in [0.25, 0.3) is 0 Å². The maximum absolute atomic E-state index is 5.17. The van der Waals surface area contributed by atoms with E-state index in [9.17, 15) is 0 Å². The van der Waals surface area contributed by atoms with Crippen LogP contribution in [-0.4, -0.2) is 25.7 Å². The second-order valence-electron chi connectivity index (χ2n) is 4.19. The average Bonchev–Trinajstić information content (AvgIpc) is 2.53. The fourth-order valence-corrected chi connectivity index (χ4v) is 2.85. The maximum Gasteiger partial charge on any atom is 0.118 e. The van der Waals surface area contributed by atoms with Gasteiger partial charge in [-0.05, 0) is 48.5 Å². The van der Waals surface area contributed by atoms with Gasteiger partial charge in [0.05, 0.1) is 12.8 Å². The molecule has 0 saturated carbocycles. The van der Waals surface area contributed by atoms with Crippen molar-refractivity contribution >= 4 is 33.4 Å². The molecule has 2 rings (SSSR count). The highest BCUT2D eigenvalue weighted by atomic mass is 79.9. The van der Waals surface area contributed by atoms with Gasteiger partial charge < -0.3 is 9.57 Å². The van der Waals surface area contributed by atoms with Crippen molar-refractivity contribution in [1.82, 2.24) is 0 Å². The number of oxime groups is 1. The van der Waals surface area contributed by atoms with Crippen LogP contribution in [0.5, 0.6) is 5.75 Å². The van der Waals surface area contributed by atoms with Gasteiger partial charge in [-0.1, -0.05) is 21.1 Å². The highest BCUT2D eigenvalue weighted by Gasteiger charge is 2.06. The first-order valence-corrected chi connectivity index (χ1v) is 8.13. The van der Waals surface area contributed by atoms with Crippen molar-refractivity contribution in [2.45, 2.75) is 4.90 Å². The van der Waals surface area contributed by atoms with E-state index >= 15 is 0 Å². The van der Waals surface area contributed by atoms with Crippen LogP contribution in [0.2, 0.25) is 0 Å². The van der Waals surface area contributed by atoms with Gasteiger partial charge in [0.25, 0.3) is 0 Å². The number of thioether (sulfide) groups is 1. The molecular formula is C16H16BrNO2S. The first kappa shape index (κ1) is 15.9. The van der Waals surface area contributed by atoms with Gasteiger partial charge in [0.2, 0.25) is 0 Å². The molecule has 21 heavy (non-hydrogen) atoms. The molecule has 0 aliphatic rings. The van der Waals surface area contributed by atoms with Crippen LogP contribution in [0.4, 0.5) is 0 Å². The standard InChI is InChI=1S/C16H16BrNO2S/c1-19-14-7-3-12(4-8-14)16(18-20-2)11-21-15-9-5-13(17)6-10-15/h3-10H,11H2,1-2H3/b18-16+. The Kier molecular flexibility index (Phi) is 6.14. The second kappa shape index (κ2) is 8.10. The Morgan fingerprint density at radius 3 is 2.29 bits per heavy atom. The number of rotatable bonds is 6. The van der Waals surface area contributed by atoms with Crippen molar-refractivity contribution in [2.24, 2.45) is 5.16 Å². The molecule has 0 spiro atoms. The summed E-state index contributed by atoms with van der Waals surface area (Å²) in [5.74, 6) is 1.57. The Morgan fingerprint density at radius 2 is 1.71 bits per heavy atom. The molecule has 0 aliphatic heterocycles. The van der Waals surface area contributed by atoms with Gasteiger partial charge in [0.15, 0.2) is 0 Å². The normalized spacial score (nSPS) is 11.3. The Labute approximate surface area is 137 Å². The molecule has 0 atom stereocenters. The van der Waals surface area contributed by atoms with Crippen molar-refractivity contribution in [3.8, 4) is 5.75 Å². The van der Waals surface area contributed by atoms with E-state index in [2.05, 4.69) is 33.2 Å². The Morgan fingerprint density at radius 1 is 1.05 bits per heavy atom. The summed E-state index contributed by atoms with van der Waals surface area (Å²) in [7, 11) is 3.22. The summed E-state index contributed by atoms with van der Waals surface area (Å²) in [6, 6.07) is 16.0. The number of hydrogen-bond donors (Lipinski definition) is 0. The third-order valence-electron chi connectivity index (χ3n) is 2.81. The lowest BCUT2D eigenvalue weighted by Crippen LogP contribution is -2.05. The minimum absolute atomic E-state index is 0.738. The summed E-state index contributed by atoms with van der Waals surface area (Å²) in [6.07, 6.45) is 0. The van der Waals surface area contributed by atoms with E-state index in [0.29, 0.717) is 0 Å². The van der Waals surface area contributed by atoms with Crippen molar-refractivity contribution in [3.63, 3.8) is 0 Å². The van der Waals surface area contributed by atoms with E-state index in [1.54, 1.807) is 26.0 Å². The molecule has 0 N–H and O–H groups in total. The lowest BCUT2D eigenvalue weighted by Gasteiger charge is -2.07. The van der Waals surface area contributed by atoms with Gasteiger partial charge in [-0.2, -0.15) is 0 Å². The summed E-state index contributed by atoms with van der Waals surface area (Å²) >= 11 is 5.15. The van der Waals surface area contributed by atoms with Gasteiger partial charge in [-0.15, -0.1) is 11.8 Å². The van der Waals surface area contributed by atoms with Crippen molar-refractivity contribution < 1.29 is 9.57 Å². The molecule has 0 aliphatic carbocycles. The molecule has 0 bridgehead atoms. The Hall–Kier alpha value is -1.46. The molecule has 0 aromatic heterocycles. The summed E-state index contributed by atoms with van der Waals surface area (Å²) in [6.45, 7) is 0. The molecule has 5 heteroatoms. The highest BCUT2D eigenvalue weighted by Crippen LogP contribution is 2.22. The molecule has 3 nitrogen and oxygen atoms in total.